The Kier molecular flexibility index (Phi) is 3.73. The Labute approximate surface area is 132 Å². The van der Waals surface area contributed by atoms with Gasteiger partial charge in [0, 0.05) is 22.2 Å². The van der Waals surface area contributed by atoms with Gasteiger partial charge in [-0.3, -0.25) is 0 Å². The molecule has 2 N–H and O–H groups in total. The maximum atomic E-state index is 9.97. The van der Waals surface area contributed by atoms with Crippen LogP contribution >= 0.6 is 11.6 Å². The Morgan fingerprint density at radius 3 is 2.77 bits per heavy atom. The van der Waals surface area contributed by atoms with E-state index in [1.54, 1.807) is 12.1 Å². The van der Waals surface area contributed by atoms with Crippen LogP contribution in [-0.2, 0) is 0 Å². The van der Waals surface area contributed by atoms with Crippen molar-refractivity contribution in [2.24, 2.45) is 0 Å². The number of rotatable bonds is 3. The smallest absolute Gasteiger partial charge is 0.162 e. The number of phenols is 1. The molecule has 3 aromatic rings. The molecular formula is C16H14ClN3O2. The van der Waals surface area contributed by atoms with Crippen molar-refractivity contribution in [1.82, 2.24) is 9.97 Å². The molecule has 112 valence electrons. The van der Waals surface area contributed by atoms with E-state index in [-0.39, 0.29) is 5.75 Å². The Bertz CT molecular complexity index is 852. The van der Waals surface area contributed by atoms with Crippen LogP contribution in [0.5, 0.6) is 11.5 Å². The van der Waals surface area contributed by atoms with Gasteiger partial charge in [0.2, 0.25) is 0 Å². The number of hydrogen-bond acceptors (Lipinski definition) is 5. The first-order valence-electron chi connectivity index (χ1n) is 6.63. The molecule has 1 heterocycles. The minimum absolute atomic E-state index is 0.0377. The molecule has 5 nitrogen and oxygen atoms in total. The second-order valence-electron chi connectivity index (χ2n) is 4.85. The summed E-state index contributed by atoms with van der Waals surface area (Å²) in [7, 11) is 1.50. The van der Waals surface area contributed by atoms with E-state index in [2.05, 4.69) is 15.3 Å². The average molecular weight is 316 g/mol. The number of hydrogen-bond donors (Lipinski definition) is 2. The van der Waals surface area contributed by atoms with Crippen LogP contribution in [0.15, 0.2) is 36.7 Å². The number of anilines is 2. The first-order valence-corrected chi connectivity index (χ1v) is 7.01. The molecule has 0 fully saturated rings. The Balaban J connectivity index is 2.11. The van der Waals surface area contributed by atoms with Gasteiger partial charge in [-0.15, -0.1) is 0 Å². The molecule has 3 rings (SSSR count). The lowest BCUT2D eigenvalue weighted by Crippen LogP contribution is -1.98. The van der Waals surface area contributed by atoms with E-state index in [9.17, 15) is 5.11 Å². The highest BCUT2D eigenvalue weighted by atomic mass is 35.5. The van der Waals surface area contributed by atoms with Gasteiger partial charge in [0.1, 0.15) is 12.1 Å². The molecule has 6 heteroatoms. The van der Waals surface area contributed by atoms with Crippen molar-refractivity contribution < 1.29 is 9.84 Å². The van der Waals surface area contributed by atoms with E-state index in [1.807, 2.05) is 25.1 Å². The maximum absolute atomic E-state index is 9.97. The Morgan fingerprint density at radius 1 is 1.18 bits per heavy atom. The molecule has 0 aliphatic heterocycles. The van der Waals surface area contributed by atoms with Crippen molar-refractivity contribution in [2.45, 2.75) is 6.92 Å². The van der Waals surface area contributed by atoms with Crippen LogP contribution in [0.25, 0.3) is 10.9 Å². The number of aromatic nitrogens is 2. The Morgan fingerprint density at radius 2 is 2.00 bits per heavy atom. The van der Waals surface area contributed by atoms with Gasteiger partial charge in [0.15, 0.2) is 11.5 Å². The topological polar surface area (TPSA) is 67.3 Å². The number of fused-ring (bicyclic) bond motifs is 1. The second-order valence-corrected chi connectivity index (χ2v) is 5.28. The van der Waals surface area contributed by atoms with Gasteiger partial charge in [-0.05, 0) is 30.7 Å². The molecule has 0 saturated heterocycles. The van der Waals surface area contributed by atoms with Crippen LogP contribution in [0.3, 0.4) is 0 Å². The van der Waals surface area contributed by atoms with Gasteiger partial charge in [0.25, 0.3) is 0 Å². The summed E-state index contributed by atoms with van der Waals surface area (Å²) in [6.07, 6.45) is 1.46. The van der Waals surface area contributed by atoms with Crippen LogP contribution in [0.2, 0.25) is 5.02 Å². The third-order valence-electron chi connectivity index (χ3n) is 3.39. The quantitative estimate of drug-likeness (QED) is 0.763. The van der Waals surface area contributed by atoms with Crippen molar-refractivity contribution >= 4 is 34.0 Å². The molecule has 22 heavy (non-hydrogen) atoms. The van der Waals surface area contributed by atoms with Crippen LogP contribution < -0.4 is 10.1 Å². The van der Waals surface area contributed by atoms with Gasteiger partial charge in [-0.25, -0.2) is 9.97 Å². The number of ether oxygens (including phenoxy) is 1. The zero-order valence-corrected chi connectivity index (χ0v) is 12.8. The monoisotopic (exact) mass is 315 g/mol. The predicted molar refractivity (Wildman–Crippen MR) is 87.2 cm³/mol. The number of halogens is 1. The van der Waals surface area contributed by atoms with E-state index in [1.165, 1.54) is 13.4 Å². The average Bonchev–Trinajstić information content (AvgIpc) is 2.51. The normalized spacial score (nSPS) is 10.7. The third-order valence-corrected chi connectivity index (χ3v) is 3.62. The summed E-state index contributed by atoms with van der Waals surface area (Å²) >= 11 is 6.04. The summed E-state index contributed by atoms with van der Waals surface area (Å²) in [4.78, 5) is 8.46. The summed E-state index contributed by atoms with van der Waals surface area (Å²) < 4.78 is 5.10. The second kappa shape index (κ2) is 5.69. The summed E-state index contributed by atoms with van der Waals surface area (Å²) in [6, 6.07) is 8.83. The van der Waals surface area contributed by atoms with Crippen molar-refractivity contribution in [3.63, 3.8) is 0 Å². The number of nitrogens with one attached hydrogen (secondary N) is 1. The van der Waals surface area contributed by atoms with Crippen LogP contribution in [0, 0.1) is 6.92 Å². The predicted octanol–water partition coefficient (Wildman–Crippen LogP) is 4.05. The van der Waals surface area contributed by atoms with E-state index in [0.717, 1.165) is 11.3 Å². The SMILES string of the molecule is COc1cc2ncnc(Nc3cc(Cl)ccc3C)c2cc1O. The fraction of sp³-hybridized carbons (Fsp3) is 0.125. The lowest BCUT2D eigenvalue weighted by molar-refractivity contribution is 0.374. The Hall–Kier alpha value is -2.53. The molecule has 0 spiro atoms. The van der Waals surface area contributed by atoms with E-state index < -0.39 is 0 Å². The fourth-order valence-electron chi connectivity index (χ4n) is 2.19. The van der Waals surface area contributed by atoms with E-state index in [0.29, 0.717) is 27.5 Å². The van der Waals surface area contributed by atoms with E-state index in [4.69, 9.17) is 16.3 Å². The molecule has 0 amide bonds. The van der Waals surface area contributed by atoms with Gasteiger partial charge in [0.05, 0.1) is 12.6 Å². The lowest BCUT2D eigenvalue weighted by Gasteiger charge is -2.12. The highest BCUT2D eigenvalue weighted by Gasteiger charge is 2.10. The maximum Gasteiger partial charge on any atom is 0.162 e. The largest absolute Gasteiger partial charge is 0.504 e. The molecule has 0 aliphatic carbocycles. The minimum Gasteiger partial charge on any atom is -0.504 e. The van der Waals surface area contributed by atoms with Gasteiger partial charge >= 0.3 is 0 Å². The number of nitrogens with zero attached hydrogens (tertiary/aromatic N) is 2. The first kappa shape index (κ1) is 14.4. The number of aromatic hydroxyl groups is 1. The number of aryl methyl sites for hydroxylation is 1. The molecule has 0 aliphatic rings. The summed E-state index contributed by atoms with van der Waals surface area (Å²) in [6.45, 7) is 1.97. The summed E-state index contributed by atoms with van der Waals surface area (Å²) in [5.41, 5.74) is 2.56. The first-order chi connectivity index (χ1) is 10.6. The van der Waals surface area contributed by atoms with Gasteiger partial charge < -0.3 is 15.2 Å². The zero-order valence-electron chi connectivity index (χ0n) is 12.1. The van der Waals surface area contributed by atoms with Crippen molar-refractivity contribution in [2.75, 3.05) is 12.4 Å². The molecule has 2 aromatic carbocycles. The standard InChI is InChI=1S/C16H14ClN3O2/c1-9-3-4-10(17)5-12(9)20-16-11-6-14(21)15(22-2)7-13(11)18-8-19-16/h3-8,21H,1-2H3,(H,18,19,20). The van der Waals surface area contributed by atoms with Crippen molar-refractivity contribution in [3.05, 3.63) is 47.2 Å². The van der Waals surface area contributed by atoms with Gasteiger partial charge in [-0.2, -0.15) is 0 Å². The van der Waals surface area contributed by atoms with Crippen molar-refractivity contribution in [3.8, 4) is 11.5 Å². The minimum atomic E-state index is 0.0377. The highest BCUT2D eigenvalue weighted by molar-refractivity contribution is 6.30. The molecule has 0 radical (unpaired) electrons. The van der Waals surface area contributed by atoms with Crippen LogP contribution in [0.1, 0.15) is 5.56 Å². The summed E-state index contributed by atoms with van der Waals surface area (Å²) in [5.74, 6) is 1.00. The van der Waals surface area contributed by atoms with Crippen LogP contribution in [0.4, 0.5) is 11.5 Å². The van der Waals surface area contributed by atoms with E-state index >= 15 is 0 Å². The fourth-order valence-corrected chi connectivity index (χ4v) is 2.36. The summed E-state index contributed by atoms with van der Waals surface area (Å²) in [5, 5.41) is 14.5. The van der Waals surface area contributed by atoms with Gasteiger partial charge in [-0.1, -0.05) is 17.7 Å². The molecular weight excluding hydrogens is 302 g/mol. The third kappa shape index (κ3) is 2.63. The zero-order chi connectivity index (χ0) is 15.7. The molecule has 0 bridgehead atoms. The molecule has 1 aromatic heterocycles. The van der Waals surface area contributed by atoms with Crippen molar-refractivity contribution in [1.29, 1.82) is 0 Å². The molecule has 0 atom stereocenters. The molecule has 0 saturated carbocycles. The lowest BCUT2D eigenvalue weighted by atomic mass is 10.1. The number of benzene rings is 2. The number of phenolic OH excluding ortho intramolecular Hbond substituents is 1. The number of methoxy groups -OCH3 is 1. The molecule has 0 unspecified atom stereocenters. The highest BCUT2D eigenvalue weighted by Crippen LogP contribution is 2.34. The van der Waals surface area contributed by atoms with Crippen LogP contribution in [-0.4, -0.2) is 22.2 Å².